The lowest BCUT2D eigenvalue weighted by Crippen LogP contribution is -2.56. The summed E-state index contributed by atoms with van der Waals surface area (Å²) in [5, 5.41) is 12.8. The number of carbonyl (C=O) groups is 2. The first kappa shape index (κ1) is 17.9. The van der Waals surface area contributed by atoms with Gasteiger partial charge in [0.15, 0.2) is 0 Å². The van der Waals surface area contributed by atoms with Crippen LogP contribution in [-0.4, -0.2) is 53.2 Å². The van der Waals surface area contributed by atoms with Crippen LogP contribution < -0.4 is 5.32 Å². The quantitative estimate of drug-likeness (QED) is 0.856. The minimum atomic E-state index is 0.0271. The molecule has 3 heterocycles. The van der Waals surface area contributed by atoms with E-state index in [1.807, 2.05) is 11.8 Å². The van der Waals surface area contributed by atoms with Crippen LogP contribution in [0.1, 0.15) is 35.7 Å². The zero-order valence-electron chi connectivity index (χ0n) is 15.1. The molecule has 2 aliphatic heterocycles. The summed E-state index contributed by atoms with van der Waals surface area (Å²) < 4.78 is 5.37. The van der Waals surface area contributed by atoms with Crippen molar-refractivity contribution >= 4 is 23.2 Å². The second-order valence-corrected chi connectivity index (χ2v) is 8.92. The van der Waals surface area contributed by atoms with E-state index in [0.29, 0.717) is 31.6 Å². The third-order valence-electron chi connectivity index (χ3n) is 6.08. The van der Waals surface area contributed by atoms with Crippen LogP contribution >= 0.6 is 11.3 Å². The Labute approximate surface area is 157 Å². The van der Waals surface area contributed by atoms with E-state index in [4.69, 9.17) is 4.74 Å². The molecule has 0 unspecified atom stereocenters. The summed E-state index contributed by atoms with van der Waals surface area (Å²) in [6.45, 7) is 5.31. The molecule has 3 fully saturated rings. The number of likely N-dealkylation sites (tertiary alicyclic amines) is 1. The van der Waals surface area contributed by atoms with E-state index in [1.54, 1.807) is 0 Å². The highest BCUT2D eigenvalue weighted by atomic mass is 32.1. The SMILES string of the molecule is Cc1nnc(CNC(=O)[C@@H]2C[C@H]3CCN(C(=O)C4CCOCC4)C[C@H]32)s1. The van der Waals surface area contributed by atoms with Gasteiger partial charge in [-0.25, -0.2) is 0 Å². The number of nitrogens with zero attached hydrogens (tertiary/aromatic N) is 3. The van der Waals surface area contributed by atoms with E-state index in [1.165, 1.54) is 11.3 Å². The fraction of sp³-hybridized carbons (Fsp3) is 0.778. The van der Waals surface area contributed by atoms with Crippen molar-refractivity contribution in [3.8, 4) is 0 Å². The Bertz CT molecular complexity index is 673. The summed E-state index contributed by atoms with van der Waals surface area (Å²) in [4.78, 5) is 27.3. The Hall–Kier alpha value is -1.54. The number of fused-ring (bicyclic) bond motifs is 1. The van der Waals surface area contributed by atoms with Crippen LogP contribution in [0.25, 0.3) is 0 Å². The summed E-state index contributed by atoms with van der Waals surface area (Å²) in [5.74, 6) is 1.39. The van der Waals surface area contributed by atoms with Crippen LogP contribution in [-0.2, 0) is 20.9 Å². The van der Waals surface area contributed by atoms with E-state index < -0.39 is 0 Å². The second-order valence-electron chi connectivity index (χ2n) is 7.66. The predicted octanol–water partition coefficient (Wildman–Crippen LogP) is 1.37. The van der Waals surface area contributed by atoms with Gasteiger partial charge in [-0.05, 0) is 44.4 Å². The Kier molecular flexibility index (Phi) is 5.22. The highest BCUT2D eigenvalue weighted by molar-refractivity contribution is 7.11. The lowest BCUT2D eigenvalue weighted by molar-refractivity contribution is -0.149. The number of aromatic nitrogens is 2. The molecule has 8 heteroatoms. The zero-order valence-corrected chi connectivity index (χ0v) is 16.0. The average molecular weight is 378 g/mol. The van der Waals surface area contributed by atoms with Crippen molar-refractivity contribution in [2.24, 2.45) is 23.7 Å². The first-order valence-electron chi connectivity index (χ1n) is 9.55. The van der Waals surface area contributed by atoms with E-state index in [-0.39, 0.29) is 23.7 Å². The van der Waals surface area contributed by atoms with Crippen molar-refractivity contribution in [3.05, 3.63) is 10.0 Å². The monoisotopic (exact) mass is 378 g/mol. The number of carbonyl (C=O) groups excluding carboxylic acids is 2. The minimum absolute atomic E-state index is 0.0271. The maximum atomic E-state index is 12.8. The molecule has 2 saturated heterocycles. The van der Waals surface area contributed by atoms with Crippen LogP contribution in [0.5, 0.6) is 0 Å². The molecule has 1 saturated carbocycles. The lowest BCUT2D eigenvalue weighted by atomic mass is 9.61. The van der Waals surface area contributed by atoms with Crippen molar-refractivity contribution in [2.75, 3.05) is 26.3 Å². The Morgan fingerprint density at radius 1 is 1.27 bits per heavy atom. The highest BCUT2D eigenvalue weighted by Crippen LogP contribution is 2.46. The van der Waals surface area contributed by atoms with E-state index in [9.17, 15) is 9.59 Å². The van der Waals surface area contributed by atoms with Crippen molar-refractivity contribution in [2.45, 2.75) is 39.2 Å². The van der Waals surface area contributed by atoms with Gasteiger partial charge in [-0.2, -0.15) is 0 Å². The molecule has 2 amide bonds. The standard InChI is InChI=1S/C18H26N4O3S/c1-11-20-21-16(26-11)9-19-17(23)14-8-13-2-5-22(10-15(13)14)18(24)12-3-6-25-7-4-12/h12-15H,2-10H2,1H3,(H,19,23)/t13-,14-,15-/m1/s1. The maximum Gasteiger partial charge on any atom is 0.225 e. The molecule has 0 bridgehead atoms. The topological polar surface area (TPSA) is 84.4 Å². The molecular formula is C18H26N4O3S. The normalized spacial score (nSPS) is 29.0. The van der Waals surface area contributed by atoms with Crippen molar-refractivity contribution < 1.29 is 14.3 Å². The highest BCUT2D eigenvalue weighted by Gasteiger charge is 2.48. The van der Waals surface area contributed by atoms with Crippen LogP contribution in [0, 0.1) is 30.6 Å². The van der Waals surface area contributed by atoms with Crippen LogP contribution in [0.3, 0.4) is 0 Å². The van der Waals surface area contributed by atoms with Gasteiger partial charge in [0, 0.05) is 38.1 Å². The smallest absolute Gasteiger partial charge is 0.225 e. The Morgan fingerprint density at radius 2 is 2.08 bits per heavy atom. The average Bonchev–Trinajstić information content (AvgIpc) is 3.06. The van der Waals surface area contributed by atoms with Gasteiger partial charge in [-0.15, -0.1) is 10.2 Å². The van der Waals surface area contributed by atoms with E-state index >= 15 is 0 Å². The molecule has 7 nitrogen and oxygen atoms in total. The van der Waals surface area contributed by atoms with Gasteiger partial charge in [0.2, 0.25) is 11.8 Å². The number of aryl methyl sites for hydroxylation is 1. The number of piperidine rings is 1. The summed E-state index contributed by atoms with van der Waals surface area (Å²) in [6.07, 6.45) is 3.63. The number of nitrogens with one attached hydrogen (secondary N) is 1. The molecule has 3 atom stereocenters. The molecular weight excluding hydrogens is 352 g/mol. The molecule has 1 N–H and O–H groups in total. The largest absolute Gasteiger partial charge is 0.381 e. The molecule has 1 aromatic heterocycles. The number of ether oxygens (including phenoxy) is 1. The van der Waals surface area contributed by atoms with Crippen LogP contribution in [0.15, 0.2) is 0 Å². The van der Waals surface area contributed by atoms with Crippen LogP contribution in [0.2, 0.25) is 0 Å². The van der Waals surface area contributed by atoms with E-state index in [2.05, 4.69) is 15.5 Å². The molecule has 3 aliphatic rings. The van der Waals surface area contributed by atoms with Crippen molar-refractivity contribution in [3.63, 3.8) is 0 Å². The molecule has 26 heavy (non-hydrogen) atoms. The van der Waals surface area contributed by atoms with Crippen molar-refractivity contribution in [1.29, 1.82) is 0 Å². The van der Waals surface area contributed by atoms with E-state index in [0.717, 1.165) is 48.8 Å². The third-order valence-corrected chi connectivity index (χ3v) is 6.92. The van der Waals surface area contributed by atoms with Gasteiger partial charge in [0.25, 0.3) is 0 Å². The fourth-order valence-electron chi connectivity index (χ4n) is 4.49. The Balaban J connectivity index is 1.30. The third kappa shape index (κ3) is 3.62. The lowest BCUT2D eigenvalue weighted by Gasteiger charge is -2.50. The van der Waals surface area contributed by atoms with Crippen LogP contribution in [0.4, 0.5) is 0 Å². The number of amides is 2. The molecule has 0 radical (unpaired) electrons. The molecule has 1 aliphatic carbocycles. The van der Waals surface area contributed by atoms with Gasteiger partial charge in [-0.3, -0.25) is 9.59 Å². The van der Waals surface area contributed by atoms with Gasteiger partial charge >= 0.3 is 0 Å². The fourth-order valence-corrected chi connectivity index (χ4v) is 5.14. The van der Waals surface area contributed by atoms with Crippen molar-refractivity contribution in [1.82, 2.24) is 20.4 Å². The number of rotatable bonds is 4. The molecule has 4 rings (SSSR count). The first-order chi connectivity index (χ1) is 12.6. The minimum Gasteiger partial charge on any atom is -0.381 e. The molecule has 0 aromatic carbocycles. The number of hydrogen-bond acceptors (Lipinski definition) is 6. The number of hydrogen-bond donors (Lipinski definition) is 1. The van der Waals surface area contributed by atoms with Gasteiger partial charge < -0.3 is 15.0 Å². The Morgan fingerprint density at radius 3 is 2.81 bits per heavy atom. The summed E-state index contributed by atoms with van der Waals surface area (Å²) in [5.41, 5.74) is 0. The second kappa shape index (κ2) is 7.60. The molecule has 1 aromatic rings. The maximum absolute atomic E-state index is 12.8. The molecule has 142 valence electrons. The zero-order chi connectivity index (χ0) is 18.1. The first-order valence-corrected chi connectivity index (χ1v) is 10.4. The summed E-state index contributed by atoms with van der Waals surface area (Å²) >= 11 is 1.51. The van der Waals surface area contributed by atoms with Gasteiger partial charge in [0.1, 0.15) is 10.0 Å². The predicted molar refractivity (Wildman–Crippen MR) is 96.3 cm³/mol. The summed E-state index contributed by atoms with van der Waals surface area (Å²) in [7, 11) is 0. The molecule has 0 spiro atoms. The van der Waals surface area contributed by atoms with Gasteiger partial charge in [0.05, 0.1) is 6.54 Å². The summed E-state index contributed by atoms with van der Waals surface area (Å²) in [6, 6.07) is 0. The van der Waals surface area contributed by atoms with Gasteiger partial charge in [-0.1, -0.05) is 11.3 Å².